The molecule has 0 amide bonds. The molecule has 0 spiro atoms. The summed E-state index contributed by atoms with van der Waals surface area (Å²) in [4.78, 5) is 0. The van der Waals surface area contributed by atoms with E-state index < -0.39 is 0 Å². The lowest BCUT2D eigenvalue weighted by atomic mass is 10.0. The van der Waals surface area contributed by atoms with Gasteiger partial charge in [-0.1, -0.05) is 6.92 Å². The number of nitrogens with two attached hydrogens (primary N) is 1. The summed E-state index contributed by atoms with van der Waals surface area (Å²) < 4.78 is 8.86. The molecule has 1 aliphatic heterocycles. The van der Waals surface area contributed by atoms with Gasteiger partial charge in [0, 0.05) is 13.2 Å². The summed E-state index contributed by atoms with van der Waals surface area (Å²) in [5.41, 5.74) is 4.08. The molecular weight excluding hydrogens is 320 g/mol. The van der Waals surface area contributed by atoms with Crippen molar-refractivity contribution in [2.75, 3.05) is 6.61 Å². The molecule has 1 aromatic rings. The first-order valence-corrected chi connectivity index (χ1v) is 8.34. The SMILES string of the molecule is CCCn1ncc(Br)c1C(CCC1CCCCO1)NN. The molecule has 1 aromatic heterocycles. The van der Waals surface area contributed by atoms with E-state index in [2.05, 4.69) is 33.4 Å². The van der Waals surface area contributed by atoms with Crippen molar-refractivity contribution in [2.24, 2.45) is 5.84 Å². The van der Waals surface area contributed by atoms with Crippen LogP contribution in [0.3, 0.4) is 0 Å². The first kappa shape index (κ1) is 15.9. The number of rotatable bonds is 7. The first-order valence-electron chi connectivity index (χ1n) is 7.55. The molecule has 20 heavy (non-hydrogen) atoms. The molecule has 5 nitrogen and oxygen atoms in total. The Morgan fingerprint density at radius 1 is 1.60 bits per heavy atom. The van der Waals surface area contributed by atoms with Gasteiger partial charge >= 0.3 is 0 Å². The average molecular weight is 345 g/mol. The minimum absolute atomic E-state index is 0.115. The second-order valence-corrected chi connectivity index (χ2v) is 6.24. The third kappa shape index (κ3) is 4.04. The lowest BCUT2D eigenvalue weighted by Gasteiger charge is -2.25. The van der Waals surface area contributed by atoms with Crippen LogP contribution >= 0.6 is 15.9 Å². The number of hydrogen-bond donors (Lipinski definition) is 2. The predicted octanol–water partition coefficient (Wildman–Crippen LogP) is 2.91. The Hall–Kier alpha value is -0.430. The molecule has 0 bridgehead atoms. The van der Waals surface area contributed by atoms with Crippen LogP contribution in [0.4, 0.5) is 0 Å². The number of hydrazine groups is 1. The fourth-order valence-electron chi connectivity index (χ4n) is 2.79. The van der Waals surface area contributed by atoms with Gasteiger partial charge in [-0.25, -0.2) is 0 Å². The van der Waals surface area contributed by atoms with E-state index in [0.29, 0.717) is 6.10 Å². The molecule has 1 saturated heterocycles. The Kier molecular flexibility index (Phi) is 6.48. The van der Waals surface area contributed by atoms with Crippen molar-refractivity contribution in [3.63, 3.8) is 0 Å². The maximum absolute atomic E-state index is 5.80. The smallest absolute Gasteiger partial charge is 0.0709 e. The summed E-state index contributed by atoms with van der Waals surface area (Å²) in [5, 5.41) is 4.41. The van der Waals surface area contributed by atoms with Crippen molar-refractivity contribution in [3.05, 3.63) is 16.4 Å². The largest absolute Gasteiger partial charge is 0.378 e. The van der Waals surface area contributed by atoms with Crippen molar-refractivity contribution >= 4 is 15.9 Å². The molecule has 2 atom stereocenters. The second kappa shape index (κ2) is 8.12. The van der Waals surface area contributed by atoms with E-state index in [9.17, 15) is 0 Å². The number of aromatic nitrogens is 2. The van der Waals surface area contributed by atoms with Gasteiger partial charge in [-0.15, -0.1) is 0 Å². The van der Waals surface area contributed by atoms with Crippen LogP contribution in [-0.4, -0.2) is 22.5 Å². The maximum atomic E-state index is 5.80. The Labute approximate surface area is 129 Å². The molecule has 6 heteroatoms. The normalized spacial score (nSPS) is 21.1. The van der Waals surface area contributed by atoms with E-state index in [1.807, 2.05) is 10.9 Å². The van der Waals surface area contributed by atoms with Gasteiger partial charge in [-0.05, 0) is 54.5 Å². The third-order valence-corrected chi connectivity index (χ3v) is 4.46. The highest BCUT2D eigenvalue weighted by Gasteiger charge is 2.21. The molecule has 0 aliphatic carbocycles. The van der Waals surface area contributed by atoms with Gasteiger partial charge in [0.2, 0.25) is 0 Å². The molecule has 3 N–H and O–H groups in total. The number of nitrogens with zero attached hydrogens (tertiary/aromatic N) is 2. The van der Waals surface area contributed by atoms with Crippen molar-refractivity contribution < 1.29 is 4.74 Å². The van der Waals surface area contributed by atoms with Crippen molar-refractivity contribution in [1.29, 1.82) is 0 Å². The second-order valence-electron chi connectivity index (χ2n) is 5.39. The average Bonchev–Trinajstić information content (AvgIpc) is 2.83. The van der Waals surface area contributed by atoms with Gasteiger partial charge < -0.3 is 4.74 Å². The Balaban J connectivity index is 1.98. The van der Waals surface area contributed by atoms with E-state index in [1.54, 1.807) is 0 Å². The van der Waals surface area contributed by atoms with Crippen LogP contribution in [0.25, 0.3) is 0 Å². The highest BCUT2D eigenvalue weighted by Crippen LogP contribution is 2.28. The maximum Gasteiger partial charge on any atom is 0.0709 e. The molecule has 0 saturated carbocycles. The zero-order valence-electron chi connectivity index (χ0n) is 12.1. The van der Waals surface area contributed by atoms with Crippen LogP contribution in [-0.2, 0) is 11.3 Å². The van der Waals surface area contributed by atoms with Crippen LogP contribution < -0.4 is 11.3 Å². The highest BCUT2D eigenvalue weighted by molar-refractivity contribution is 9.10. The molecule has 2 unspecified atom stereocenters. The van der Waals surface area contributed by atoms with Crippen LogP contribution in [0.5, 0.6) is 0 Å². The van der Waals surface area contributed by atoms with Gasteiger partial charge in [0.15, 0.2) is 0 Å². The van der Waals surface area contributed by atoms with Crippen LogP contribution in [0.2, 0.25) is 0 Å². The van der Waals surface area contributed by atoms with Gasteiger partial charge in [0.05, 0.1) is 28.5 Å². The van der Waals surface area contributed by atoms with Crippen molar-refractivity contribution in [2.45, 2.75) is 64.1 Å². The lowest BCUT2D eigenvalue weighted by Crippen LogP contribution is -2.31. The summed E-state index contributed by atoms with van der Waals surface area (Å²) in [7, 11) is 0. The summed E-state index contributed by atoms with van der Waals surface area (Å²) in [6.07, 6.45) is 8.96. The zero-order valence-corrected chi connectivity index (χ0v) is 13.7. The Morgan fingerprint density at radius 2 is 2.45 bits per heavy atom. The molecular formula is C14H25BrN4O. The summed E-state index contributed by atoms with van der Waals surface area (Å²) >= 11 is 3.58. The van der Waals surface area contributed by atoms with E-state index in [1.165, 1.54) is 19.3 Å². The summed E-state index contributed by atoms with van der Waals surface area (Å²) in [5.74, 6) is 5.76. The number of hydrogen-bond acceptors (Lipinski definition) is 4. The predicted molar refractivity (Wildman–Crippen MR) is 83.1 cm³/mol. The zero-order chi connectivity index (χ0) is 14.4. The number of aryl methyl sites for hydroxylation is 1. The van der Waals surface area contributed by atoms with Crippen LogP contribution in [0.15, 0.2) is 10.7 Å². The monoisotopic (exact) mass is 344 g/mol. The highest BCUT2D eigenvalue weighted by atomic mass is 79.9. The quantitative estimate of drug-likeness (QED) is 0.589. The number of nitrogens with one attached hydrogen (secondary N) is 1. The van der Waals surface area contributed by atoms with Gasteiger partial charge in [0.25, 0.3) is 0 Å². The summed E-state index contributed by atoms with van der Waals surface area (Å²) in [6, 6.07) is 0.115. The fraction of sp³-hybridized carbons (Fsp3) is 0.786. The molecule has 2 rings (SSSR count). The minimum Gasteiger partial charge on any atom is -0.378 e. The molecule has 1 fully saturated rings. The molecule has 114 valence electrons. The van der Waals surface area contributed by atoms with E-state index in [0.717, 1.165) is 42.6 Å². The van der Waals surface area contributed by atoms with E-state index >= 15 is 0 Å². The van der Waals surface area contributed by atoms with E-state index in [-0.39, 0.29) is 6.04 Å². The molecule has 0 radical (unpaired) electrons. The Morgan fingerprint density at radius 3 is 3.10 bits per heavy atom. The fourth-order valence-corrected chi connectivity index (χ4v) is 3.37. The number of ether oxygens (including phenoxy) is 1. The van der Waals surface area contributed by atoms with Crippen molar-refractivity contribution in [3.8, 4) is 0 Å². The van der Waals surface area contributed by atoms with Gasteiger partial charge in [-0.3, -0.25) is 16.0 Å². The topological polar surface area (TPSA) is 65.1 Å². The number of halogens is 1. The van der Waals surface area contributed by atoms with E-state index in [4.69, 9.17) is 10.6 Å². The standard InChI is InChI=1S/C14H25BrN4O/c1-2-8-19-14(12(15)10-17-19)13(18-16)7-6-11-5-3-4-9-20-11/h10-11,13,18H,2-9,16H2,1H3. The van der Waals surface area contributed by atoms with Crippen LogP contribution in [0, 0.1) is 0 Å². The van der Waals surface area contributed by atoms with Crippen LogP contribution in [0.1, 0.15) is 57.2 Å². The lowest BCUT2D eigenvalue weighted by molar-refractivity contribution is 0.00839. The minimum atomic E-state index is 0.115. The summed E-state index contributed by atoms with van der Waals surface area (Å²) in [6.45, 7) is 3.97. The molecule has 0 aromatic carbocycles. The Bertz CT molecular complexity index is 404. The van der Waals surface area contributed by atoms with Gasteiger partial charge in [0.1, 0.15) is 0 Å². The third-order valence-electron chi connectivity index (χ3n) is 3.85. The van der Waals surface area contributed by atoms with Gasteiger partial charge in [-0.2, -0.15) is 5.10 Å². The molecule has 1 aliphatic rings. The molecule has 2 heterocycles. The first-order chi connectivity index (χ1) is 9.76. The van der Waals surface area contributed by atoms with Crippen molar-refractivity contribution in [1.82, 2.24) is 15.2 Å².